The highest BCUT2D eigenvalue weighted by molar-refractivity contribution is 7.99. The number of hydrogen-bond donors (Lipinski definition) is 0. The first-order chi connectivity index (χ1) is 7.95. The van der Waals surface area contributed by atoms with Crippen LogP contribution in [0.2, 0.25) is 0 Å². The van der Waals surface area contributed by atoms with Gasteiger partial charge >= 0.3 is 0 Å². The van der Waals surface area contributed by atoms with Gasteiger partial charge in [0.2, 0.25) is 0 Å². The Bertz CT molecular complexity index is 211. The highest BCUT2D eigenvalue weighted by atomic mass is 32.2. The highest BCUT2D eigenvalue weighted by Gasteiger charge is 2.12. The van der Waals surface area contributed by atoms with Gasteiger partial charge in [-0.2, -0.15) is 11.8 Å². The number of hydrogen-bond acceptors (Lipinski definition) is 2. The molecule has 0 spiro atoms. The molecule has 0 bridgehead atoms. The second-order valence-electron chi connectivity index (χ2n) is 5.05. The van der Waals surface area contributed by atoms with Crippen LogP contribution in [0.1, 0.15) is 51.4 Å². The molecule has 1 aliphatic heterocycles. The summed E-state index contributed by atoms with van der Waals surface area (Å²) >= 11 is 2.12. The van der Waals surface area contributed by atoms with Gasteiger partial charge in [-0.05, 0) is 74.4 Å². The van der Waals surface area contributed by atoms with E-state index in [0.717, 1.165) is 12.5 Å². The van der Waals surface area contributed by atoms with Crippen molar-refractivity contribution < 1.29 is 4.74 Å². The van der Waals surface area contributed by atoms with Crippen LogP contribution >= 0.6 is 11.8 Å². The van der Waals surface area contributed by atoms with E-state index in [1.807, 2.05) is 6.26 Å². The lowest BCUT2D eigenvalue weighted by molar-refractivity contribution is 0.228. The fourth-order valence-corrected chi connectivity index (χ4v) is 3.82. The molecule has 1 nitrogen and oxygen atoms in total. The van der Waals surface area contributed by atoms with E-state index in [2.05, 4.69) is 11.8 Å². The standard InChI is InChI=1S/C14H24OS/c1-2-5-14(4-1)12-15-9-3-6-13-7-10-16-11-8-13/h12-13H,1-11H2. The molecule has 0 aromatic heterocycles. The van der Waals surface area contributed by atoms with Gasteiger partial charge in [-0.25, -0.2) is 0 Å². The number of ether oxygens (including phenoxy) is 1. The van der Waals surface area contributed by atoms with Crippen molar-refractivity contribution in [3.63, 3.8) is 0 Å². The van der Waals surface area contributed by atoms with Gasteiger partial charge in [-0.3, -0.25) is 0 Å². The van der Waals surface area contributed by atoms with Crippen LogP contribution in [-0.2, 0) is 4.74 Å². The van der Waals surface area contributed by atoms with E-state index in [-0.39, 0.29) is 0 Å². The molecule has 0 amide bonds. The first-order valence-electron chi connectivity index (χ1n) is 6.82. The molecule has 2 rings (SSSR count). The molecule has 1 saturated heterocycles. The van der Waals surface area contributed by atoms with Crippen LogP contribution < -0.4 is 0 Å². The zero-order chi connectivity index (χ0) is 11.1. The van der Waals surface area contributed by atoms with E-state index >= 15 is 0 Å². The van der Waals surface area contributed by atoms with Gasteiger partial charge in [0, 0.05) is 0 Å². The second kappa shape index (κ2) is 7.26. The quantitative estimate of drug-likeness (QED) is 0.521. The number of thioether (sulfide) groups is 1. The summed E-state index contributed by atoms with van der Waals surface area (Å²) in [6.07, 6.45) is 12.8. The molecule has 2 fully saturated rings. The van der Waals surface area contributed by atoms with Crippen LogP contribution in [0.5, 0.6) is 0 Å². The zero-order valence-corrected chi connectivity index (χ0v) is 11.1. The largest absolute Gasteiger partial charge is 0.501 e. The van der Waals surface area contributed by atoms with Gasteiger partial charge in [-0.1, -0.05) is 0 Å². The van der Waals surface area contributed by atoms with Crippen molar-refractivity contribution in [2.45, 2.75) is 51.4 Å². The molecule has 0 N–H and O–H groups in total. The third-order valence-electron chi connectivity index (χ3n) is 3.71. The third-order valence-corrected chi connectivity index (χ3v) is 4.76. The average Bonchev–Trinajstić information content (AvgIpc) is 2.83. The Morgan fingerprint density at radius 2 is 1.94 bits per heavy atom. The summed E-state index contributed by atoms with van der Waals surface area (Å²) in [4.78, 5) is 0. The van der Waals surface area contributed by atoms with Gasteiger partial charge in [0.1, 0.15) is 0 Å². The predicted octanol–water partition coefficient (Wildman–Crippen LogP) is 4.38. The molecule has 0 unspecified atom stereocenters. The van der Waals surface area contributed by atoms with Crippen LogP contribution in [-0.4, -0.2) is 18.1 Å². The minimum Gasteiger partial charge on any atom is -0.501 e. The normalized spacial score (nSPS) is 22.4. The molecule has 92 valence electrons. The minimum atomic E-state index is 0.938. The minimum absolute atomic E-state index is 0.938. The first-order valence-corrected chi connectivity index (χ1v) is 7.98. The zero-order valence-electron chi connectivity index (χ0n) is 10.2. The monoisotopic (exact) mass is 240 g/mol. The fourth-order valence-electron chi connectivity index (χ4n) is 2.61. The van der Waals surface area contributed by atoms with Gasteiger partial charge < -0.3 is 4.74 Å². The Morgan fingerprint density at radius 1 is 1.19 bits per heavy atom. The topological polar surface area (TPSA) is 9.23 Å². The van der Waals surface area contributed by atoms with Crippen molar-refractivity contribution in [2.75, 3.05) is 18.1 Å². The van der Waals surface area contributed by atoms with Crippen LogP contribution in [0.4, 0.5) is 0 Å². The predicted molar refractivity (Wildman–Crippen MR) is 71.8 cm³/mol. The molecule has 0 aromatic carbocycles. The molecule has 2 aliphatic rings. The summed E-state index contributed by atoms with van der Waals surface area (Å²) in [5.74, 6) is 3.76. The Hall–Kier alpha value is -0.110. The Kier molecular flexibility index (Phi) is 5.60. The summed E-state index contributed by atoms with van der Waals surface area (Å²) in [5, 5.41) is 0. The van der Waals surface area contributed by atoms with Crippen LogP contribution in [0.25, 0.3) is 0 Å². The van der Waals surface area contributed by atoms with Crippen LogP contribution in [0.3, 0.4) is 0 Å². The molecule has 1 aliphatic carbocycles. The molecule has 0 aromatic rings. The number of rotatable bonds is 5. The summed E-state index contributed by atoms with van der Waals surface area (Å²) in [6, 6.07) is 0. The van der Waals surface area contributed by atoms with E-state index in [4.69, 9.17) is 4.74 Å². The van der Waals surface area contributed by atoms with Crippen molar-refractivity contribution in [1.29, 1.82) is 0 Å². The Labute approximate surface area is 104 Å². The molecular weight excluding hydrogens is 216 g/mol. The fraction of sp³-hybridized carbons (Fsp3) is 0.857. The van der Waals surface area contributed by atoms with E-state index in [1.54, 1.807) is 0 Å². The summed E-state index contributed by atoms with van der Waals surface area (Å²) < 4.78 is 5.64. The SMILES string of the molecule is C(OCCCC1CCSCC1)=C1CCCC1. The van der Waals surface area contributed by atoms with Crippen molar-refractivity contribution in [1.82, 2.24) is 0 Å². The van der Waals surface area contributed by atoms with E-state index in [1.165, 1.54) is 68.4 Å². The smallest absolute Gasteiger partial charge is 0.0873 e. The maximum atomic E-state index is 5.64. The lowest BCUT2D eigenvalue weighted by Crippen LogP contribution is -2.10. The average molecular weight is 240 g/mol. The summed E-state index contributed by atoms with van der Waals surface area (Å²) in [6.45, 7) is 0.938. The van der Waals surface area contributed by atoms with Crippen molar-refractivity contribution in [3.8, 4) is 0 Å². The number of allylic oxidation sites excluding steroid dienone is 1. The summed E-state index contributed by atoms with van der Waals surface area (Å²) in [5.41, 5.74) is 1.54. The lowest BCUT2D eigenvalue weighted by atomic mass is 9.97. The molecule has 2 heteroatoms. The Morgan fingerprint density at radius 3 is 2.69 bits per heavy atom. The molecule has 0 atom stereocenters. The van der Waals surface area contributed by atoms with Crippen LogP contribution in [0, 0.1) is 5.92 Å². The lowest BCUT2D eigenvalue weighted by Gasteiger charge is -2.20. The van der Waals surface area contributed by atoms with Crippen LogP contribution in [0.15, 0.2) is 11.8 Å². The maximum absolute atomic E-state index is 5.64. The van der Waals surface area contributed by atoms with Crippen molar-refractivity contribution in [2.24, 2.45) is 5.92 Å². The summed E-state index contributed by atoms with van der Waals surface area (Å²) in [7, 11) is 0. The van der Waals surface area contributed by atoms with Gasteiger partial charge in [0.05, 0.1) is 12.9 Å². The van der Waals surface area contributed by atoms with Gasteiger partial charge in [0.25, 0.3) is 0 Å². The highest BCUT2D eigenvalue weighted by Crippen LogP contribution is 2.26. The second-order valence-corrected chi connectivity index (χ2v) is 6.28. The first kappa shape index (κ1) is 12.3. The molecule has 1 saturated carbocycles. The van der Waals surface area contributed by atoms with E-state index in [0.29, 0.717) is 0 Å². The molecule has 16 heavy (non-hydrogen) atoms. The molecule has 1 heterocycles. The molecular formula is C14H24OS. The van der Waals surface area contributed by atoms with Gasteiger partial charge in [0.15, 0.2) is 0 Å². The molecule has 0 radical (unpaired) electrons. The van der Waals surface area contributed by atoms with Gasteiger partial charge in [-0.15, -0.1) is 0 Å². The van der Waals surface area contributed by atoms with E-state index in [9.17, 15) is 0 Å². The maximum Gasteiger partial charge on any atom is 0.0873 e. The van der Waals surface area contributed by atoms with Crippen molar-refractivity contribution >= 4 is 11.8 Å². The Balaban J connectivity index is 1.49. The van der Waals surface area contributed by atoms with E-state index < -0.39 is 0 Å². The van der Waals surface area contributed by atoms with Crippen molar-refractivity contribution in [3.05, 3.63) is 11.8 Å². The third kappa shape index (κ3) is 4.40.